The van der Waals surface area contributed by atoms with Crippen LogP contribution in [0.2, 0.25) is 5.02 Å². The molecule has 0 unspecified atom stereocenters. The van der Waals surface area contributed by atoms with Crippen molar-refractivity contribution in [2.24, 2.45) is 0 Å². The highest BCUT2D eigenvalue weighted by atomic mass is 79.9. The molecule has 0 spiro atoms. The van der Waals surface area contributed by atoms with Crippen LogP contribution in [0, 0.1) is 13.8 Å². The van der Waals surface area contributed by atoms with Crippen LogP contribution < -0.4 is 5.32 Å². The van der Waals surface area contributed by atoms with Gasteiger partial charge in [0.15, 0.2) is 0 Å². The van der Waals surface area contributed by atoms with E-state index < -0.39 is 0 Å². The Labute approximate surface area is 125 Å². The van der Waals surface area contributed by atoms with Gasteiger partial charge < -0.3 is 5.32 Å². The lowest BCUT2D eigenvalue weighted by Gasteiger charge is -2.09. The molecule has 0 saturated carbocycles. The number of carbonyl (C=O) groups is 1. The molecule has 0 atom stereocenters. The quantitative estimate of drug-likeness (QED) is 0.883. The number of aromatic nitrogens is 1. The number of hydrogen-bond acceptors (Lipinski definition) is 2. The molecule has 0 saturated heterocycles. The highest BCUT2D eigenvalue weighted by Crippen LogP contribution is 2.26. The van der Waals surface area contributed by atoms with E-state index in [9.17, 15) is 4.79 Å². The molecule has 0 fully saturated rings. The molecule has 0 aliphatic carbocycles. The van der Waals surface area contributed by atoms with Gasteiger partial charge in [0.1, 0.15) is 0 Å². The van der Waals surface area contributed by atoms with E-state index >= 15 is 0 Å². The van der Waals surface area contributed by atoms with E-state index in [1.54, 1.807) is 24.3 Å². The maximum atomic E-state index is 12.2. The molecule has 2 rings (SSSR count). The van der Waals surface area contributed by atoms with Crippen molar-refractivity contribution in [1.82, 2.24) is 4.98 Å². The molecule has 98 valence electrons. The van der Waals surface area contributed by atoms with Crippen LogP contribution in [0.25, 0.3) is 0 Å². The van der Waals surface area contributed by atoms with Gasteiger partial charge in [0, 0.05) is 15.2 Å². The van der Waals surface area contributed by atoms with Gasteiger partial charge in [-0.2, -0.15) is 0 Å². The number of hydrogen-bond donors (Lipinski definition) is 1. The molecule has 3 nitrogen and oxygen atoms in total. The van der Waals surface area contributed by atoms with Crippen LogP contribution in [0.3, 0.4) is 0 Å². The number of nitrogens with one attached hydrogen (secondary N) is 1. The van der Waals surface area contributed by atoms with Gasteiger partial charge in [-0.25, -0.2) is 0 Å². The Bertz CT molecular complexity index is 643. The summed E-state index contributed by atoms with van der Waals surface area (Å²) in [4.78, 5) is 16.5. The van der Waals surface area contributed by atoms with Gasteiger partial charge in [0.25, 0.3) is 5.91 Å². The van der Waals surface area contributed by atoms with Crippen LogP contribution >= 0.6 is 27.5 Å². The number of pyridine rings is 1. The highest BCUT2D eigenvalue weighted by molar-refractivity contribution is 9.10. The molecule has 0 bridgehead atoms. The summed E-state index contributed by atoms with van der Waals surface area (Å²) in [6.45, 7) is 3.71. The molecule has 2 aromatic rings. The second-order valence-electron chi connectivity index (χ2n) is 4.16. The van der Waals surface area contributed by atoms with Crippen molar-refractivity contribution in [2.45, 2.75) is 13.8 Å². The number of anilines is 1. The summed E-state index contributed by atoms with van der Waals surface area (Å²) in [6, 6.07) is 8.80. The van der Waals surface area contributed by atoms with Crippen molar-refractivity contribution in [1.29, 1.82) is 0 Å². The first-order valence-corrected chi connectivity index (χ1v) is 6.85. The minimum Gasteiger partial charge on any atom is -0.321 e. The number of carbonyl (C=O) groups excluding carboxylic acids is 1. The van der Waals surface area contributed by atoms with Crippen LogP contribution in [-0.4, -0.2) is 10.9 Å². The van der Waals surface area contributed by atoms with Gasteiger partial charge in [0.2, 0.25) is 0 Å². The first kappa shape index (κ1) is 14.0. The van der Waals surface area contributed by atoms with Crippen molar-refractivity contribution >= 4 is 39.1 Å². The number of benzene rings is 1. The first-order valence-electron chi connectivity index (χ1n) is 5.68. The van der Waals surface area contributed by atoms with E-state index in [0.29, 0.717) is 22.0 Å². The molecule has 1 heterocycles. The molecular weight excluding hydrogens is 328 g/mol. The predicted molar refractivity (Wildman–Crippen MR) is 80.8 cm³/mol. The Balaban J connectivity index is 2.25. The average molecular weight is 340 g/mol. The lowest BCUT2D eigenvalue weighted by atomic mass is 10.1. The smallest absolute Gasteiger partial charge is 0.257 e. The lowest BCUT2D eigenvalue weighted by Crippen LogP contribution is -2.14. The van der Waals surface area contributed by atoms with Crippen molar-refractivity contribution in [3.05, 3.63) is 56.8 Å². The van der Waals surface area contributed by atoms with Crippen molar-refractivity contribution < 1.29 is 4.79 Å². The van der Waals surface area contributed by atoms with E-state index in [1.165, 1.54) is 0 Å². The highest BCUT2D eigenvalue weighted by Gasteiger charge is 2.11. The molecule has 5 heteroatoms. The third kappa shape index (κ3) is 3.33. The fraction of sp³-hybridized carbons (Fsp3) is 0.143. The Morgan fingerprint density at radius 1 is 1.26 bits per heavy atom. The number of nitrogens with zero attached hydrogens (tertiary/aromatic N) is 1. The third-order valence-electron chi connectivity index (χ3n) is 2.65. The second-order valence-corrected chi connectivity index (χ2v) is 5.45. The van der Waals surface area contributed by atoms with Crippen LogP contribution in [0.5, 0.6) is 0 Å². The molecule has 0 radical (unpaired) electrons. The summed E-state index contributed by atoms with van der Waals surface area (Å²) in [5, 5.41) is 3.44. The minimum atomic E-state index is -0.187. The molecule has 19 heavy (non-hydrogen) atoms. The standard InChI is InChI=1S/C14H12BrClN2O/c1-8-3-5-11(9(2)17-8)14(19)18-13-6-4-10(16)7-12(13)15/h3-7H,1-2H3,(H,18,19). The van der Waals surface area contributed by atoms with Gasteiger partial charge >= 0.3 is 0 Å². The molecule has 1 N–H and O–H groups in total. The van der Waals surface area contributed by atoms with E-state index in [0.717, 1.165) is 10.2 Å². The zero-order valence-electron chi connectivity index (χ0n) is 10.5. The minimum absolute atomic E-state index is 0.187. The molecule has 1 amide bonds. The second kappa shape index (κ2) is 5.72. The molecule has 0 aliphatic heterocycles. The van der Waals surface area contributed by atoms with Crippen molar-refractivity contribution in [3.63, 3.8) is 0 Å². The van der Waals surface area contributed by atoms with Gasteiger partial charge in [-0.15, -0.1) is 0 Å². The number of rotatable bonds is 2. The molecule has 1 aromatic heterocycles. The summed E-state index contributed by atoms with van der Waals surface area (Å²) in [7, 11) is 0. The third-order valence-corrected chi connectivity index (χ3v) is 3.54. The summed E-state index contributed by atoms with van der Waals surface area (Å²) < 4.78 is 0.742. The summed E-state index contributed by atoms with van der Waals surface area (Å²) in [5.41, 5.74) is 2.84. The van der Waals surface area contributed by atoms with Crippen molar-refractivity contribution in [2.75, 3.05) is 5.32 Å². The SMILES string of the molecule is Cc1ccc(C(=O)Nc2ccc(Cl)cc2Br)c(C)n1. The van der Waals surface area contributed by atoms with E-state index in [1.807, 2.05) is 19.9 Å². The number of aryl methyl sites for hydroxylation is 2. The maximum Gasteiger partial charge on any atom is 0.257 e. The predicted octanol–water partition coefficient (Wildman–Crippen LogP) is 4.37. The zero-order chi connectivity index (χ0) is 14.0. The molecule has 0 aliphatic rings. The largest absolute Gasteiger partial charge is 0.321 e. The zero-order valence-corrected chi connectivity index (χ0v) is 12.8. The normalized spacial score (nSPS) is 10.3. The molecular formula is C14H12BrClN2O. The fourth-order valence-electron chi connectivity index (χ4n) is 1.71. The van der Waals surface area contributed by atoms with Crippen LogP contribution in [0.1, 0.15) is 21.7 Å². The van der Waals surface area contributed by atoms with E-state index in [4.69, 9.17) is 11.6 Å². The van der Waals surface area contributed by atoms with Gasteiger partial charge in [-0.1, -0.05) is 11.6 Å². The van der Waals surface area contributed by atoms with Gasteiger partial charge in [-0.05, 0) is 60.1 Å². The van der Waals surface area contributed by atoms with Crippen molar-refractivity contribution in [3.8, 4) is 0 Å². The van der Waals surface area contributed by atoms with Gasteiger partial charge in [-0.3, -0.25) is 9.78 Å². The lowest BCUT2D eigenvalue weighted by molar-refractivity contribution is 0.102. The van der Waals surface area contributed by atoms with E-state index in [-0.39, 0.29) is 5.91 Å². The maximum absolute atomic E-state index is 12.2. The number of amides is 1. The first-order chi connectivity index (χ1) is 8.97. The summed E-state index contributed by atoms with van der Waals surface area (Å²) in [6.07, 6.45) is 0. The summed E-state index contributed by atoms with van der Waals surface area (Å²) >= 11 is 9.22. The van der Waals surface area contributed by atoms with Crippen LogP contribution in [-0.2, 0) is 0 Å². The Hall–Kier alpha value is -1.39. The fourth-order valence-corrected chi connectivity index (χ4v) is 2.49. The average Bonchev–Trinajstić information content (AvgIpc) is 2.32. The van der Waals surface area contributed by atoms with E-state index in [2.05, 4.69) is 26.2 Å². The van der Waals surface area contributed by atoms with Crippen LogP contribution in [0.4, 0.5) is 5.69 Å². The topological polar surface area (TPSA) is 42.0 Å². The number of halogens is 2. The summed E-state index contributed by atoms with van der Waals surface area (Å²) in [5.74, 6) is -0.187. The Morgan fingerprint density at radius 3 is 2.63 bits per heavy atom. The van der Waals surface area contributed by atoms with Gasteiger partial charge in [0.05, 0.1) is 16.9 Å². The monoisotopic (exact) mass is 338 g/mol. The Morgan fingerprint density at radius 2 is 2.00 bits per heavy atom. The van der Waals surface area contributed by atoms with Crippen LogP contribution in [0.15, 0.2) is 34.8 Å². The molecule has 1 aromatic carbocycles. The Kier molecular flexibility index (Phi) is 4.22.